The SMILES string of the molecule is O=C(O)C(Cc1cc(Cl)ccc1OCCN1CCOCC1)c1ccccc1. The van der Waals surface area contributed by atoms with E-state index in [0.717, 1.165) is 44.0 Å². The number of hydrogen-bond acceptors (Lipinski definition) is 4. The maximum atomic E-state index is 11.8. The van der Waals surface area contributed by atoms with Gasteiger partial charge in [-0.05, 0) is 35.7 Å². The summed E-state index contributed by atoms with van der Waals surface area (Å²) in [5, 5.41) is 10.3. The first-order valence-electron chi connectivity index (χ1n) is 9.12. The Bertz CT molecular complexity index is 747. The van der Waals surface area contributed by atoms with Gasteiger partial charge in [0.2, 0.25) is 0 Å². The summed E-state index contributed by atoms with van der Waals surface area (Å²) in [6.07, 6.45) is 0.326. The van der Waals surface area contributed by atoms with Gasteiger partial charge in [0.1, 0.15) is 12.4 Å². The number of aliphatic carboxylic acids is 1. The molecule has 5 nitrogen and oxygen atoms in total. The number of carboxylic acids is 1. The minimum Gasteiger partial charge on any atom is -0.492 e. The molecule has 1 aliphatic heterocycles. The molecule has 1 N–H and O–H groups in total. The molecule has 1 aliphatic rings. The molecular formula is C21H24ClNO4. The lowest BCUT2D eigenvalue weighted by molar-refractivity contribution is -0.138. The van der Waals surface area contributed by atoms with Gasteiger partial charge in [-0.3, -0.25) is 9.69 Å². The number of nitrogens with zero attached hydrogens (tertiary/aromatic N) is 1. The molecule has 1 atom stereocenters. The highest BCUT2D eigenvalue weighted by Gasteiger charge is 2.22. The Labute approximate surface area is 164 Å². The smallest absolute Gasteiger partial charge is 0.311 e. The van der Waals surface area contributed by atoms with Crippen molar-refractivity contribution >= 4 is 17.6 Å². The van der Waals surface area contributed by atoms with Crippen LogP contribution >= 0.6 is 11.6 Å². The van der Waals surface area contributed by atoms with Gasteiger partial charge in [0.15, 0.2) is 0 Å². The van der Waals surface area contributed by atoms with Crippen LogP contribution in [0.1, 0.15) is 17.0 Å². The fourth-order valence-corrected chi connectivity index (χ4v) is 3.41. The molecule has 2 aromatic carbocycles. The number of halogens is 1. The van der Waals surface area contributed by atoms with E-state index in [1.807, 2.05) is 36.4 Å². The molecule has 2 aromatic rings. The van der Waals surface area contributed by atoms with Crippen LogP contribution in [0.25, 0.3) is 0 Å². The van der Waals surface area contributed by atoms with Gasteiger partial charge in [0.25, 0.3) is 0 Å². The molecule has 1 heterocycles. The van der Waals surface area contributed by atoms with Crippen molar-refractivity contribution in [3.05, 3.63) is 64.7 Å². The van der Waals surface area contributed by atoms with Gasteiger partial charge in [0.05, 0.1) is 19.1 Å². The molecule has 144 valence electrons. The molecule has 0 radical (unpaired) electrons. The second-order valence-electron chi connectivity index (χ2n) is 6.56. The van der Waals surface area contributed by atoms with Crippen LogP contribution in [-0.2, 0) is 16.0 Å². The van der Waals surface area contributed by atoms with Crippen molar-refractivity contribution in [2.24, 2.45) is 0 Å². The number of hydrogen-bond donors (Lipinski definition) is 1. The topological polar surface area (TPSA) is 59.0 Å². The molecule has 1 unspecified atom stereocenters. The van der Waals surface area contributed by atoms with Gasteiger partial charge in [-0.15, -0.1) is 0 Å². The summed E-state index contributed by atoms with van der Waals surface area (Å²) in [5.41, 5.74) is 1.57. The van der Waals surface area contributed by atoms with Crippen molar-refractivity contribution < 1.29 is 19.4 Å². The molecule has 3 rings (SSSR count). The van der Waals surface area contributed by atoms with Crippen LogP contribution in [0.2, 0.25) is 5.02 Å². The van der Waals surface area contributed by atoms with E-state index in [-0.39, 0.29) is 0 Å². The highest BCUT2D eigenvalue weighted by atomic mass is 35.5. The fraction of sp³-hybridized carbons (Fsp3) is 0.381. The minimum atomic E-state index is -0.861. The first kappa shape index (κ1) is 19.7. The van der Waals surface area contributed by atoms with Gasteiger partial charge in [-0.25, -0.2) is 0 Å². The maximum absolute atomic E-state index is 11.8. The third kappa shape index (κ3) is 5.70. The van der Waals surface area contributed by atoms with E-state index in [2.05, 4.69) is 4.90 Å². The molecule has 0 spiro atoms. The standard InChI is InChI=1S/C21H24ClNO4/c22-18-6-7-20(27-13-10-23-8-11-26-12-9-23)17(14-18)15-19(21(24)25)16-4-2-1-3-5-16/h1-7,14,19H,8-13,15H2,(H,24,25). The van der Waals surface area contributed by atoms with Crippen molar-refractivity contribution in [2.45, 2.75) is 12.3 Å². The summed E-state index contributed by atoms with van der Waals surface area (Å²) < 4.78 is 11.3. The second-order valence-corrected chi connectivity index (χ2v) is 7.00. The third-order valence-electron chi connectivity index (χ3n) is 4.72. The zero-order valence-corrected chi connectivity index (χ0v) is 15.9. The van der Waals surface area contributed by atoms with Crippen LogP contribution in [-0.4, -0.2) is 55.4 Å². The summed E-state index contributed by atoms with van der Waals surface area (Å²) in [4.78, 5) is 14.1. The Kier molecular flexibility index (Phi) is 7.10. The van der Waals surface area contributed by atoms with Gasteiger partial charge < -0.3 is 14.6 Å². The molecular weight excluding hydrogens is 366 g/mol. The van der Waals surface area contributed by atoms with Gasteiger partial charge in [0, 0.05) is 24.7 Å². The summed E-state index contributed by atoms with van der Waals surface area (Å²) in [7, 11) is 0. The summed E-state index contributed by atoms with van der Waals surface area (Å²) in [6, 6.07) is 14.6. The van der Waals surface area contributed by atoms with Crippen molar-refractivity contribution in [1.82, 2.24) is 4.90 Å². The number of carboxylic acid groups (broad SMARTS) is 1. The molecule has 0 aliphatic carbocycles. The van der Waals surface area contributed by atoms with E-state index in [0.29, 0.717) is 23.8 Å². The van der Waals surface area contributed by atoms with Crippen LogP contribution in [0, 0.1) is 0 Å². The molecule has 6 heteroatoms. The fourth-order valence-electron chi connectivity index (χ4n) is 3.21. The highest BCUT2D eigenvalue weighted by Crippen LogP contribution is 2.29. The molecule has 0 bridgehead atoms. The van der Waals surface area contributed by atoms with E-state index in [4.69, 9.17) is 21.1 Å². The lowest BCUT2D eigenvalue weighted by Gasteiger charge is -2.26. The van der Waals surface area contributed by atoms with Gasteiger partial charge in [-0.2, -0.15) is 0 Å². The van der Waals surface area contributed by atoms with Gasteiger partial charge >= 0.3 is 5.97 Å². The Hall–Kier alpha value is -2.08. The normalized spacial score (nSPS) is 16.0. The predicted molar refractivity (Wildman–Crippen MR) is 105 cm³/mol. The Morgan fingerprint density at radius 3 is 2.63 bits per heavy atom. The Morgan fingerprint density at radius 1 is 1.19 bits per heavy atom. The second kappa shape index (κ2) is 9.74. The number of benzene rings is 2. The van der Waals surface area contributed by atoms with Crippen molar-refractivity contribution in [3.8, 4) is 5.75 Å². The van der Waals surface area contributed by atoms with Crippen LogP contribution in [0.4, 0.5) is 0 Å². The molecule has 0 saturated carbocycles. The highest BCUT2D eigenvalue weighted by molar-refractivity contribution is 6.30. The van der Waals surface area contributed by atoms with Crippen molar-refractivity contribution in [1.29, 1.82) is 0 Å². The Morgan fingerprint density at radius 2 is 1.93 bits per heavy atom. The number of carbonyl (C=O) groups is 1. The lowest BCUT2D eigenvalue weighted by atomic mass is 9.92. The van der Waals surface area contributed by atoms with E-state index in [1.165, 1.54) is 0 Å². The van der Waals surface area contributed by atoms with E-state index < -0.39 is 11.9 Å². The maximum Gasteiger partial charge on any atom is 0.311 e. The van der Waals surface area contributed by atoms with Crippen molar-refractivity contribution in [2.75, 3.05) is 39.5 Å². The largest absolute Gasteiger partial charge is 0.492 e. The number of rotatable bonds is 8. The molecule has 27 heavy (non-hydrogen) atoms. The Balaban J connectivity index is 1.70. The zero-order valence-electron chi connectivity index (χ0n) is 15.1. The molecule has 1 saturated heterocycles. The monoisotopic (exact) mass is 389 g/mol. The lowest BCUT2D eigenvalue weighted by Crippen LogP contribution is -2.38. The van der Waals surface area contributed by atoms with E-state index in [1.54, 1.807) is 12.1 Å². The zero-order chi connectivity index (χ0) is 19.1. The van der Waals surface area contributed by atoms with Crippen molar-refractivity contribution in [3.63, 3.8) is 0 Å². The third-order valence-corrected chi connectivity index (χ3v) is 4.95. The molecule has 1 fully saturated rings. The van der Waals surface area contributed by atoms with Crippen LogP contribution in [0.3, 0.4) is 0 Å². The average Bonchev–Trinajstić information content (AvgIpc) is 2.69. The van der Waals surface area contributed by atoms with Gasteiger partial charge in [-0.1, -0.05) is 41.9 Å². The number of ether oxygens (including phenoxy) is 2. The van der Waals surface area contributed by atoms with E-state index in [9.17, 15) is 9.90 Å². The summed E-state index contributed by atoms with van der Waals surface area (Å²) in [5.74, 6) is -0.818. The van der Waals surface area contributed by atoms with Crippen LogP contribution in [0.15, 0.2) is 48.5 Å². The van der Waals surface area contributed by atoms with E-state index >= 15 is 0 Å². The summed E-state index contributed by atoms with van der Waals surface area (Å²) in [6.45, 7) is 4.68. The quantitative estimate of drug-likeness (QED) is 0.749. The molecule has 0 amide bonds. The molecule has 0 aromatic heterocycles. The van der Waals surface area contributed by atoms with Crippen LogP contribution in [0.5, 0.6) is 5.75 Å². The first-order valence-corrected chi connectivity index (χ1v) is 9.50. The van der Waals surface area contributed by atoms with Crippen LogP contribution < -0.4 is 4.74 Å². The summed E-state index contributed by atoms with van der Waals surface area (Å²) >= 11 is 6.16. The predicted octanol–water partition coefficient (Wildman–Crippen LogP) is 3.46. The first-order chi connectivity index (χ1) is 13.1. The minimum absolute atomic E-state index is 0.326. The average molecular weight is 390 g/mol. The number of morpholine rings is 1.